The molecule has 0 spiro atoms. The summed E-state index contributed by atoms with van der Waals surface area (Å²) in [6.07, 6.45) is -12.2. The zero-order valence-corrected chi connectivity index (χ0v) is 9.32. The van der Waals surface area contributed by atoms with E-state index in [4.69, 9.17) is 5.11 Å². The van der Waals surface area contributed by atoms with E-state index in [9.17, 15) is 30.7 Å². The molecule has 0 aliphatic carbocycles. The smallest absolute Gasteiger partial charge is 0.396 e. The minimum absolute atomic E-state index is 0.0532. The fourth-order valence-electron chi connectivity index (χ4n) is 1.52. The minimum Gasteiger partial charge on any atom is -0.396 e. The Morgan fingerprint density at radius 3 is 1.53 bits per heavy atom. The van der Waals surface area contributed by atoms with Crippen molar-refractivity contribution in [1.29, 1.82) is 0 Å². The summed E-state index contributed by atoms with van der Waals surface area (Å²) in [5, 5.41) is 8.57. The highest BCUT2D eigenvalue weighted by molar-refractivity contribution is 5.30. The molecule has 0 saturated heterocycles. The van der Waals surface area contributed by atoms with E-state index in [1.165, 1.54) is 0 Å². The number of benzene rings is 1. The average molecular weight is 290 g/mol. The summed E-state index contributed by atoms with van der Waals surface area (Å²) in [6, 6.07) is 2.67. The van der Waals surface area contributed by atoms with E-state index in [1.807, 2.05) is 0 Å². The van der Waals surface area contributed by atoms with Crippen molar-refractivity contribution in [3.8, 4) is 0 Å². The first-order valence-electron chi connectivity index (χ1n) is 5.06. The van der Waals surface area contributed by atoms with Crippen molar-refractivity contribution in [3.63, 3.8) is 0 Å². The van der Waals surface area contributed by atoms with Gasteiger partial charge in [0.2, 0.25) is 0 Å². The monoisotopic (exact) mass is 290 g/mol. The molecular formula is C11H9F7O. The third-order valence-corrected chi connectivity index (χ3v) is 2.53. The summed E-state index contributed by atoms with van der Waals surface area (Å²) in [7, 11) is 0. The molecule has 1 rings (SSSR count). The van der Waals surface area contributed by atoms with Crippen molar-refractivity contribution in [3.05, 3.63) is 35.4 Å². The van der Waals surface area contributed by atoms with Gasteiger partial charge in [-0.3, -0.25) is 0 Å². The van der Waals surface area contributed by atoms with Crippen molar-refractivity contribution in [2.45, 2.75) is 24.4 Å². The molecule has 0 saturated carbocycles. The lowest BCUT2D eigenvalue weighted by Gasteiger charge is -2.30. The molecule has 0 fully saturated rings. The summed E-state index contributed by atoms with van der Waals surface area (Å²) >= 11 is 0. The Kier molecular flexibility index (Phi) is 4.14. The van der Waals surface area contributed by atoms with Crippen LogP contribution in [-0.2, 0) is 12.1 Å². The standard InChI is InChI=1S/C11H9F7O/c12-9(10(13,14)15,11(16,17)18)8-3-1-7(2-4-8)5-6-19/h1-4,19H,5-6H2. The predicted molar refractivity (Wildman–Crippen MR) is 52.1 cm³/mol. The van der Waals surface area contributed by atoms with E-state index in [2.05, 4.69) is 0 Å². The van der Waals surface area contributed by atoms with Gasteiger partial charge in [-0.2, -0.15) is 26.3 Å². The lowest BCUT2D eigenvalue weighted by molar-refractivity contribution is -0.348. The molecule has 0 aliphatic heterocycles. The van der Waals surface area contributed by atoms with Crippen molar-refractivity contribution >= 4 is 0 Å². The molecule has 108 valence electrons. The van der Waals surface area contributed by atoms with Crippen LogP contribution in [0, 0.1) is 0 Å². The highest BCUT2D eigenvalue weighted by Crippen LogP contribution is 2.53. The Labute approximate surface area is 103 Å². The summed E-state index contributed by atoms with van der Waals surface area (Å²) < 4.78 is 88.0. The van der Waals surface area contributed by atoms with Crippen molar-refractivity contribution < 1.29 is 35.8 Å². The molecule has 1 nitrogen and oxygen atoms in total. The number of halogens is 7. The third-order valence-electron chi connectivity index (χ3n) is 2.53. The minimum atomic E-state index is -6.11. The maximum Gasteiger partial charge on any atom is 0.435 e. The van der Waals surface area contributed by atoms with Gasteiger partial charge in [-0.1, -0.05) is 24.3 Å². The van der Waals surface area contributed by atoms with Crippen molar-refractivity contribution in [1.82, 2.24) is 0 Å². The van der Waals surface area contributed by atoms with E-state index in [0.29, 0.717) is 17.7 Å². The Morgan fingerprint density at radius 1 is 0.789 bits per heavy atom. The maximum atomic E-state index is 13.6. The first-order valence-corrected chi connectivity index (χ1v) is 5.06. The van der Waals surface area contributed by atoms with Crippen molar-refractivity contribution in [2.24, 2.45) is 0 Å². The van der Waals surface area contributed by atoms with E-state index >= 15 is 0 Å². The second-order valence-electron chi connectivity index (χ2n) is 3.82. The summed E-state index contributed by atoms with van der Waals surface area (Å²) in [4.78, 5) is 0. The van der Waals surface area contributed by atoms with Crippen molar-refractivity contribution in [2.75, 3.05) is 6.61 Å². The molecule has 1 aromatic rings. The lowest BCUT2D eigenvalue weighted by Crippen LogP contribution is -2.50. The highest BCUT2D eigenvalue weighted by Gasteiger charge is 2.73. The molecule has 0 amide bonds. The molecular weight excluding hydrogens is 281 g/mol. The van der Waals surface area contributed by atoms with Crippen LogP contribution in [-0.4, -0.2) is 24.1 Å². The second-order valence-corrected chi connectivity index (χ2v) is 3.82. The molecule has 0 unspecified atom stereocenters. The third kappa shape index (κ3) is 2.83. The predicted octanol–water partition coefficient (Wildman–Crippen LogP) is 3.51. The van der Waals surface area contributed by atoms with Crippen LogP contribution in [0.4, 0.5) is 30.7 Å². The van der Waals surface area contributed by atoms with Gasteiger partial charge in [0, 0.05) is 12.2 Å². The summed E-state index contributed by atoms with van der Waals surface area (Å²) in [5.41, 5.74) is -6.63. The molecule has 0 atom stereocenters. The molecule has 0 heterocycles. The van der Waals surface area contributed by atoms with Gasteiger partial charge >= 0.3 is 18.0 Å². The van der Waals surface area contributed by atoms with Crippen LogP contribution < -0.4 is 0 Å². The van der Waals surface area contributed by atoms with Crippen LogP contribution in [0.15, 0.2) is 24.3 Å². The van der Waals surface area contributed by atoms with Crippen LogP contribution in [0.2, 0.25) is 0 Å². The first-order chi connectivity index (χ1) is 8.54. The Hall–Kier alpha value is -1.31. The lowest BCUT2D eigenvalue weighted by atomic mass is 9.93. The number of hydrogen-bond acceptors (Lipinski definition) is 1. The second kappa shape index (κ2) is 4.99. The van der Waals surface area contributed by atoms with Gasteiger partial charge in [0.05, 0.1) is 0 Å². The zero-order valence-electron chi connectivity index (χ0n) is 9.32. The van der Waals surface area contributed by atoms with E-state index < -0.39 is 23.6 Å². The van der Waals surface area contributed by atoms with Gasteiger partial charge < -0.3 is 5.11 Å². The van der Waals surface area contributed by atoms with Crippen LogP contribution in [0.5, 0.6) is 0 Å². The number of hydrogen-bond donors (Lipinski definition) is 1. The SMILES string of the molecule is OCCc1ccc(C(F)(C(F)(F)F)C(F)(F)F)cc1. The molecule has 0 aromatic heterocycles. The summed E-state index contributed by atoms with van der Waals surface area (Å²) in [6.45, 7) is -0.321. The molecule has 1 N–H and O–H groups in total. The number of aliphatic hydroxyl groups excluding tert-OH is 1. The molecule has 1 aromatic carbocycles. The highest BCUT2D eigenvalue weighted by atomic mass is 19.4. The average Bonchev–Trinajstić information content (AvgIpc) is 2.26. The molecule has 19 heavy (non-hydrogen) atoms. The fraction of sp³-hybridized carbons (Fsp3) is 0.455. The van der Waals surface area contributed by atoms with Crippen LogP contribution in [0.25, 0.3) is 0 Å². The van der Waals surface area contributed by atoms with E-state index in [-0.39, 0.29) is 13.0 Å². The van der Waals surface area contributed by atoms with Crippen LogP contribution in [0.1, 0.15) is 11.1 Å². The topological polar surface area (TPSA) is 20.2 Å². The fourth-order valence-corrected chi connectivity index (χ4v) is 1.52. The molecule has 0 radical (unpaired) electrons. The molecule has 8 heteroatoms. The van der Waals surface area contributed by atoms with Gasteiger partial charge in [0.25, 0.3) is 0 Å². The first kappa shape index (κ1) is 15.7. The summed E-state index contributed by atoms with van der Waals surface area (Å²) in [5.74, 6) is 0. The number of aliphatic hydroxyl groups is 1. The number of alkyl halides is 7. The largest absolute Gasteiger partial charge is 0.435 e. The van der Waals surface area contributed by atoms with Gasteiger partial charge in [0.1, 0.15) is 0 Å². The van der Waals surface area contributed by atoms with Gasteiger partial charge in [-0.25, -0.2) is 4.39 Å². The Morgan fingerprint density at radius 2 is 1.21 bits per heavy atom. The van der Waals surface area contributed by atoms with Gasteiger partial charge in [-0.05, 0) is 12.0 Å². The van der Waals surface area contributed by atoms with E-state index in [1.54, 1.807) is 0 Å². The van der Waals surface area contributed by atoms with Gasteiger partial charge in [-0.15, -0.1) is 0 Å². The van der Waals surface area contributed by atoms with Crippen LogP contribution in [0.3, 0.4) is 0 Å². The molecule has 0 aliphatic rings. The number of rotatable bonds is 3. The zero-order chi connectivity index (χ0) is 14.9. The quantitative estimate of drug-likeness (QED) is 0.845. The maximum absolute atomic E-state index is 13.6. The van der Waals surface area contributed by atoms with Crippen LogP contribution >= 0.6 is 0 Å². The Bertz CT molecular complexity index is 404. The molecule has 0 bridgehead atoms. The van der Waals surface area contributed by atoms with E-state index in [0.717, 1.165) is 12.1 Å². The Balaban J connectivity index is 3.28. The normalized spacial score (nSPS) is 13.7. The van der Waals surface area contributed by atoms with Gasteiger partial charge in [0.15, 0.2) is 0 Å².